The molecule has 0 N–H and O–H groups in total. The van der Waals surface area contributed by atoms with E-state index < -0.39 is 0 Å². The normalized spacial score (nSPS) is 11.2. The molecule has 0 heterocycles. The van der Waals surface area contributed by atoms with Crippen LogP contribution in [0.4, 0.5) is 17.1 Å². The summed E-state index contributed by atoms with van der Waals surface area (Å²) >= 11 is 0. The Labute approximate surface area is 250 Å². The van der Waals surface area contributed by atoms with E-state index in [-0.39, 0.29) is 0 Å². The van der Waals surface area contributed by atoms with E-state index in [1.165, 1.54) is 78.1 Å². The van der Waals surface area contributed by atoms with E-state index in [0.717, 1.165) is 28.8 Å². The van der Waals surface area contributed by atoms with Crippen LogP contribution in [0.5, 0.6) is 0 Å². The molecule has 0 atom stereocenters. The first kappa shape index (κ1) is 31.7. The quantitative estimate of drug-likeness (QED) is 0.259. The maximum absolute atomic E-state index is 4.54. The molecule has 41 heavy (non-hydrogen) atoms. The van der Waals surface area contributed by atoms with Crippen LogP contribution >= 0.6 is 0 Å². The zero-order valence-corrected chi connectivity index (χ0v) is 27.4. The molecule has 0 bridgehead atoms. The molecule has 0 amide bonds. The van der Waals surface area contributed by atoms with Gasteiger partial charge in [0, 0.05) is 11.1 Å². The molecule has 0 spiro atoms. The van der Waals surface area contributed by atoms with Crippen molar-refractivity contribution in [3.8, 4) is 0 Å². The molecule has 0 aliphatic carbocycles. The van der Waals surface area contributed by atoms with Gasteiger partial charge in [-0.3, -0.25) is 0 Å². The van der Waals surface area contributed by atoms with Crippen LogP contribution in [0.1, 0.15) is 100 Å². The Bertz CT molecular complexity index is 1600. The van der Waals surface area contributed by atoms with Gasteiger partial charge in [-0.1, -0.05) is 80.8 Å². The molecule has 0 saturated carbocycles. The molecule has 1 heteroatoms. The molecular weight excluding hydrogens is 494 g/mol. The zero-order valence-electron chi connectivity index (χ0n) is 27.4. The summed E-state index contributed by atoms with van der Waals surface area (Å²) < 4.78 is 0. The third kappa shape index (κ3) is 5.31. The topological polar surface area (TPSA) is 3.24 Å². The highest BCUT2D eigenvalue weighted by Gasteiger charge is 2.30. The average Bonchev–Trinajstić information content (AvgIpc) is 2.87. The summed E-state index contributed by atoms with van der Waals surface area (Å²) in [5.74, 6) is 0. The Morgan fingerprint density at radius 2 is 1.17 bits per heavy atom. The summed E-state index contributed by atoms with van der Waals surface area (Å²) in [5, 5.41) is 0. The number of hydrogen-bond acceptors (Lipinski definition) is 1. The summed E-state index contributed by atoms with van der Waals surface area (Å²) in [4.78, 5) is 2.53. The fourth-order valence-electron chi connectivity index (χ4n) is 6.98. The number of hydrogen-bond donors (Lipinski definition) is 0. The van der Waals surface area contributed by atoms with Gasteiger partial charge in [-0.2, -0.15) is 0 Å². The second-order valence-corrected chi connectivity index (χ2v) is 11.6. The molecule has 3 rings (SSSR count). The van der Waals surface area contributed by atoms with Crippen LogP contribution < -0.4 is 4.90 Å². The van der Waals surface area contributed by atoms with Crippen molar-refractivity contribution >= 4 is 46.4 Å². The summed E-state index contributed by atoms with van der Waals surface area (Å²) in [5.41, 5.74) is 21.5. The standard InChI is InChI=1S/C40H49N/c1-16-20-35-36(23(5)6)29(13)33(18-3)30(14)39(35)41(38-26(10)21-25(9)22-27(38)11)40-31(15)32(17-2)28(12)34(19-4)37(40)24(7)8/h16-18,20-22H,2-3,5,7,19H2,1,4,6,8-15H3/b20-16+. The van der Waals surface area contributed by atoms with E-state index >= 15 is 0 Å². The van der Waals surface area contributed by atoms with Gasteiger partial charge in [0.25, 0.3) is 0 Å². The molecule has 0 fully saturated rings. The highest BCUT2D eigenvalue weighted by molar-refractivity contribution is 5.98. The third-order valence-corrected chi connectivity index (χ3v) is 8.47. The van der Waals surface area contributed by atoms with Crippen LogP contribution in [0, 0.1) is 48.5 Å². The van der Waals surface area contributed by atoms with Crippen molar-refractivity contribution in [2.24, 2.45) is 0 Å². The molecule has 0 aliphatic rings. The van der Waals surface area contributed by atoms with Crippen molar-refractivity contribution < 1.29 is 0 Å². The fraction of sp³-hybridized carbons (Fsp3) is 0.300. The highest BCUT2D eigenvalue weighted by Crippen LogP contribution is 2.51. The maximum atomic E-state index is 4.54. The van der Waals surface area contributed by atoms with Crippen LogP contribution in [0.2, 0.25) is 0 Å². The Kier molecular flexibility index (Phi) is 9.54. The van der Waals surface area contributed by atoms with Crippen LogP contribution in [0.15, 0.2) is 44.5 Å². The molecule has 3 aromatic carbocycles. The SMILES string of the molecule is C=Cc1c(C)c(C(=C)C)c(/C=C/C)c(N(c2c(C)cc(C)cc2C)c2c(C)c(C=C)c(C)c(CC)c2C(=C)C)c1C. The van der Waals surface area contributed by atoms with E-state index in [1.54, 1.807) is 0 Å². The molecule has 214 valence electrons. The Morgan fingerprint density at radius 3 is 1.61 bits per heavy atom. The molecule has 1 nitrogen and oxygen atoms in total. The van der Waals surface area contributed by atoms with E-state index in [2.05, 4.69) is 132 Å². The third-order valence-electron chi connectivity index (χ3n) is 8.47. The number of allylic oxidation sites excluding steroid dienone is 3. The van der Waals surface area contributed by atoms with Crippen molar-refractivity contribution in [2.45, 2.75) is 82.6 Å². The summed E-state index contributed by atoms with van der Waals surface area (Å²) in [6, 6.07) is 4.59. The lowest BCUT2D eigenvalue weighted by Gasteiger charge is -2.38. The Hall–Kier alpha value is -3.84. The molecule has 3 aromatic rings. The fourth-order valence-corrected chi connectivity index (χ4v) is 6.98. The van der Waals surface area contributed by atoms with Crippen molar-refractivity contribution in [1.82, 2.24) is 0 Å². The molecule has 0 aliphatic heterocycles. The van der Waals surface area contributed by atoms with Gasteiger partial charge in [-0.25, -0.2) is 0 Å². The van der Waals surface area contributed by atoms with Gasteiger partial charge >= 0.3 is 0 Å². The van der Waals surface area contributed by atoms with Gasteiger partial charge in [0.2, 0.25) is 0 Å². The van der Waals surface area contributed by atoms with Crippen LogP contribution in [-0.2, 0) is 6.42 Å². The lowest BCUT2D eigenvalue weighted by atomic mass is 9.83. The van der Waals surface area contributed by atoms with E-state index in [9.17, 15) is 0 Å². The smallest absolute Gasteiger partial charge is 0.0575 e. The first-order chi connectivity index (χ1) is 19.3. The van der Waals surface area contributed by atoms with Gasteiger partial charge in [0.1, 0.15) is 0 Å². The number of aryl methyl sites for hydroxylation is 3. The van der Waals surface area contributed by atoms with E-state index in [1.807, 2.05) is 12.2 Å². The van der Waals surface area contributed by atoms with Crippen molar-refractivity contribution in [2.75, 3.05) is 4.90 Å². The number of nitrogens with zero attached hydrogens (tertiary/aromatic N) is 1. The number of benzene rings is 3. The van der Waals surface area contributed by atoms with Crippen molar-refractivity contribution in [3.63, 3.8) is 0 Å². The van der Waals surface area contributed by atoms with Gasteiger partial charge in [-0.05, 0) is 137 Å². The average molecular weight is 544 g/mol. The van der Waals surface area contributed by atoms with Gasteiger partial charge < -0.3 is 4.90 Å². The summed E-state index contributed by atoms with van der Waals surface area (Å²) in [7, 11) is 0. The molecule has 0 radical (unpaired) electrons. The van der Waals surface area contributed by atoms with Gasteiger partial charge in [0.15, 0.2) is 0 Å². The molecule has 0 unspecified atom stereocenters. The van der Waals surface area contributed by atoms with Crippen LogP contribution in [0.25, 0.3) is 29.4 Å². The second kappa shape index (κ2) is 12.4. The minimum absolute atomic E-state index is 0.908. The van der Waals surface area contributed by atoms with Gasteiger partial charge in [-0.15, -0.1) is 0 Å². The minimum atomic E-state index is 0.908. The lowest BCUT2D eigenvalue weighted by Crippen LogP contribution is -2.21. The Morgan fingerprint density at radius 1 is 0.683 bits per heavy atom. The summed E-state index contributed by atoms with van der Waals surface area (Å²) in [6.07, 6.45) is 9.31. The van der Waals surface area contributed by atoms with E-state index in [0.29, 0.717) is 0 Å². The monoisotopic (exact) mass is 543 g/mol. The highest BCUT2D eigenvalue weighted by atomic mass is 15.2. The zero-order chi connectivity index (χ0) is 30.9. The molecular formula is C40H49N. The predicted octanol–water partition coefficient (Wildman–Crippen LogP) is 12.3. The largest absolute Gasteiger partial charge is 0.308 e. The van der Waals surface area contributed by atoms with Crippen LogP contribution in [-0.4, -0.2) is 0 Å². The van der Waals surface area contributed by atoms with Crippen molar-refractivity contribution in [1.29, 1.82) is 0 Å². The van der Waals surface area contributed by atoms with E-state index in [4.69, 9.17) is 0 Å². The first-order valence-electron chi connectivity index (χ1n) is 14.7. The van der Waals surface area contributed by atoms with Gasteiger partial charge in [0.05, 0.1) is 17.1 Å². The maximum Gasteiger partial charge on any atom is 0.0575 e. The second-order valence-electron chi connectivity index (χ2n) is 11.6. The number of rotatable bonds is 9. The Balaban J connectivity index is 2.87. The summed E-state index contributed by atoms with van der Waals surface area (Å²) in [6.45, 7) is 41.6. The lowest BCUT2D eigenvalue weighted by molar-refractivity contribution is 1.07. The predicted molar refractivity (Wildman–Crippen MR) is 188 cm³/mol. The van der Waals surface area contributed by atoms with Crippen molar-refractivity contribution in [3.05, 3.63) is 117 Å². The number of anilines is 3. The minimum Gasteiger partial charge on any atom is -0.308 e. The first-order valence-corrected chi connectivity index (χ1v) is 14.7. The molecule has 0 aromatic heterocycles. The van der Waals surface area contributed by atoms with Crippen LogP contribution in [0.3, 0.4) is 0 Å². The molecule has 0 saturated heterocycles.